The Kier molecular flexibility index (Phi) is 3.40. The number of nitrogens with zero attached hydrogens (tertiary/aromatic N) is 2. The van der Waals surface area contributed by atoms with Crippen LogP contribution in [0.1, 0.15) is 23.2 Å². The Morgan fingerprint density at radius 1 is 1.23 bits per heavy atom. The number of aromatic nitrogens is 2. The molecule has 1 aliphatic rings. The van der Waals surface area contributed by atoms with Gasteiger partial charge in [0.05, 0.1) is 5.69 Å². The van der Waals surface area contributed by atoms with E-state index >= 15 is 0 Å². The molecule has 0 unspecified atom stereocenters. The van der Waals surface area contributed by atoms with Crippen LogP contribution in [-0.2, 0) is 6.54 Å². The number of carbonyl (C=O) groups excluding carboxylic acids is 1. The molecule has 0 spiro atoms. The summed E-state index contributed by atoms with van der Waals surface area (Å²) in [5, 5.41) is 0. The fourth-order valence-electron chi connectivity index (χ4n) is 2.30. The van der Waals surface area contributed by atoms with E-state index in [1.807, 2.05) is 0 Å². The second-order valence-corrected chi connectivity index (χ2v) is 5.40. The van der Waals surface area contributed by atoms with E-state index < -0.39 is 23.0 Å². The highest BCUT2D eigenvalue weighted by molar-refractivity contribution is 5.92. The summed E-state index contributed by atoms with van der Waals surface area (Å²) in [5.41, 5.74) is 3.81. The van der Waals surface area contributed by atoms with Gasteiger partial charge in [-0.05, 0) is 43.0 Å². The van der Waals surface area contributed by atoms with E-state index in [0.29, 0.717) is 12.5 Å². The summed E-state index contributed by atoms with van der Waals surface area (Å²) in [4.78, 5) is 36.3. The second kappa shape index (κ2) is 5.25. The molecule has 114 valence electrons. The second-order valence-electron chi connectivity index (χ2n) is 5.40. The van der Waals surface area contributed by atoms with Crippen molar-refractivity contribution in [3.63, 3.8) is 0 Å². The Bertz CT molecular complexity index is 848. The predicted octanol–water partition coefficient (Wildman–Crippen LogP) is 0.647. The molecule has 0 radical (unpaired) electrons. The van der Waals surface area contributed by atoms with Crippen molar-refractivity contribution >= 4 is 5.91 Å². The topological polar surface area (TPSA) is 87.1 Å². The summed E-state index contributed by atoms with van der Waals surface area (Å²) < 4.78 is 15.2. The minimum Gasteiger partial charge on any atom is -0.365 e. The lowest BCUT2D eigenvalue weighted by Crippen LogP contribution is -2.42. The summed E-state index contributed by atoms with van der Waals surface area (Å²) in [6.45, 7) is 0.431. The van der Waals surface area contributed by atoms with Crippen molar-refractivity contribution in [2.75, 3.05) is 0 Å². The molecule has 1 aliphatic carbocycles. The van der Waals surface area contributed by atoms with Crippen LogP contribution in [0.5, 0.6) is 0 Å². The van der Waals surface area contributed by atoms with Gasteiger partial charge in [0.15, 0.2) is 0 Å². The number of hydrogen-bond acceptors (Lipinski definition) is 3. The van der Waals surface area contributed by atoms with Crippen LogP contribution in [0.25, 0.3) is 5.69 Å². The molecular formula is C15H14FN3O3. The Balaban J connectivity index is 2.24. The standard InChI is InChI=1S/C15H14FN3O3/c16-10-3-5-11(6-4-10)19-14(21)12(13(17)20)8-18(15(19)22)7-9-1-2-9/h3-6,8-9H,1-2,7H2,(H2,17,20). The van der Waals surface area contributed by atoms with Crippen molar-refractivity contribution in [2.24, 2.45) is 11.7 Å². The van der Waals surface area contributed by atoms with E-state index in [2.05, 4.69) is 0 Å². The van der Waals surface area contributed by atoms with Gasteiger partial charge in [-0.25, -0.2) is 13.8 Å². The molecule has 6 nitrogen and oxygen atoms in total. The number of primary amides is 1. The van der Waals surface area contributed by atoms with E-state index in [1.54, 1.807) is 0 Å². The normalized spacial score (nSPS) is 14.0. The summed E-state index contributed by atoms with van der Waals surface area (Å²) in [6, 6.07) is 4.90. The lowest BCUT2D eigenvalue weighted by atomic mass is 10.2. The van der Waals surface area contributed by atoms with Crippen LogP contribution in [0.4, 0.5) is 4.39 Å². The summed E-state index contributed by atoms with van der Waals surface area (Å²) >= 11 is 0. The molecule has 0 bridgehead atoms. The number of halogens is 1. The van der Waals surface area contributed by atoms with Gasteiger partial charge in [-0.1, -0.05) is 0 Å². The van der Waals surface area contributed by atoms with E-state index in [0.717, 1.165) is 29.5 Å². The molecule has 1 aromatic heterocycles. The van der Waals surface area contributed by atoms with Crippen molar-refractivity contribution < 1.29 is 9.18 Å². The molecule has 22 heavy (non-hydrogen) atoms. The van der Waals surface area contributed by atoms with Gasteiger partial charge in [0.25, 0.3) is 11.5 Å². The number of benzene rings is 1. The van der Waals surface area contributed by atoms with Crippen LogP contribution >= 0.6 is 0 Å². The first-order valence-corrected chi connectivity index (χ1v) is 6.89. The van der Waals surface area contributed by atoms with Crippen molar-refractivity contribution in [3.8, 4) is 5.69 Å². The lowest BCUT2D eigenvalue weighted by Gasteiger charge is -2.11. The van der Waals surface area contributed by atoms with Gasteiger partial charge in [-0.2, -0.15) is 0 Å². The van der Waals surface area contributed by atoms with Gasteiger partial charge < -0.3 is 5.73 Å². The predicted molar refractivity (Wildman–Crippen MR) is 77.5 cm³/mol. The van der Waals surface area contributed by atoms with Crippen molar-refractivity contribution in [2.45, 2.75) is 19.4 Å². The van der Waals surface area contributed by atoms with Crippen molar-refractivity contribution in [1.82, 2.24) is 9.13 Å². The SMILES string of the molecule is NC(=O)c1cn(CC2CC2)c(=O)n(-c2ccc(F)cc2)c1=O. The fourth-order valence-corrected chi connectivity index (χ4v) is 2.30. The highest BCUT2D eigenvalue weighted by Crippen LogP contribution is 2.30. The Hall–Kier alpha value is -2.70. The Morgan fingerprint density at radius 3 is 2.41 bits per heavy atom. The maximum atomic E-state index is 13.0. The van der Waals surface area contributed by atoms with Crippen LogP contribution in [-0.4, -0.2) is 15.0 Å². The van der Waals surface area contributed by atoms with E-state index in [4.69, 9.17) is 5.73 Å². The zero-order valence-electron chi connectivity index (χ0n) is 11.7. The van der Waals surface area contributed by atoms with Crippen LogP contribution in [0.2, 0.25) is 0 Å². The molecule has 1 amide bonds. The first-order chi connectivity index (χ1) is 10.5. The smallest absolute Gasteiger partial charge is 0.335 e. The zero-order chi connectivity index (χ0) is 15.9. The molecule has 0 saturated heterocycles. The minimum absolute atomic E-state index is 0.198. The van der Waals surface area contributed by atoms with Gasteiger partial charge in [0.1, 0.15) is 11.4 Å². The average molecular weight is 303 g/mol. The third-order valence-electron chi connectivity index (χ3n) is 3.66. The van der Waals surface area contributed by atoms with Gasteiger partial charge in [0.2, 0.25) is 0 Å². The molecule has 2 N–H and O–H groups in total. The third-order valence-corrected chi connectivity index (χ3v) is 3.66. The molecule has 3 rings (SSSR count). The molecule has 1 aromatic carbocycles. The maximum absolute atomic E-state index is 13.0. The third kappa shape index (κ3) is 2.57. The lowest BCUT2D eigenvalue weighted by molar-refractivity contribution is 0.0997. The fraction of sp³-hybridized carbons (Fsp3) is 0.267. The summed E-state index contributed by atoms with van der Waals surface area (Å²) in [5.74, 6) is -1.01. The molecule has 1 fully saturated rings. The molecule has 1 heterocycles. The molecule has 2 aromatic rings. The van der Waals surface area contributed by atoms with E-state index in [1.165, 1.54) is 22.9 Å². The van der Waals surface area contributed by atoms with E-state index in [9.17, 15) is 18.8 Å². The summed E-state index contributed by atoms with van der Waals surface area (Å²) in [7, 11) is 0. The molecule has 0 aliphatic heterocycles. The highest BCUT2D eigenvalue weighted by atomic mass is 19.1. The average Bonchev–Trinajstić information content (AvgIpc) is 3.28. The van der Waals surface area contributed by atoms with Gasteiger partial charge in [-0.3, -0.25) is 14.2 Å². The van der Waals surface area contributed by atoms with Crippen LogP contribution in [0, 0.1) is 11.7 Å². The Morgan fingerprint density at radius 2 is 1.86 bits per heavy atom. The molecule has 0 atom stereocenters. The van der Waals surface area contributed by atoms with Crippen LogP contribution < -0.4 is 17.0 Å². The molecular weight excluding hydrogens is 289 g/mol. The largest absolute Gasteiger partial charge is 0.365 e. The number of carbonyl (C=O) groups is 1. The number of amides is 1. The highest BCUT2D eigenvalue weighted by Gasteiger charge is 2.24. The monoisotopic (exact) mass is 303 g/mol. The van der Waals surface area contributed by atoms with Gasteiger partial charge >= 0.3 is 5.69 Å². The zero-order valence-corrected chi connectivity index (χ0v) is 11.7. The summed E-state index contributed by atoms with van der Waals surface area (Å²) in [6.07, 6.45) is 3.23. The van der Waals surface area contributed by atoms with Gasteiger partial charge in [0, 0.05) is 12.7 Å². The maximum Gasteiger partial charge on any atom is 0.335 e. The van der Waals surface area contributed by atoms with Crippen LogP contribution in [0.15, 0.2) is 40.1 Å². The first kappa shape index (κ1) is 14.2. The van der Waals surface area contributed by atoms with E-state index in [-0.39, 0.29) is 11.3 Å². The first-order valence-electron chi connectivity index (χ1n) is 6.89. The number of nitrogens with two attached hydrogens (primary N) is 1. The quantitative estimate of drug-likeness (QED) is 0.899. The molecule has 7 heteroatoms. The van der Waals surface area contributed by atoms with Gasteiger partial charge in [-0.15, -0.1) is 0 Å². The van der Waals surface area contributed by atoms with Crippen LogP contribution in [0.3, 0.4) is 0 Å². The number of hydrogen-bond donors (Lipinski definition) is 1. The minimum atomic E-state index is -0.898. The Labute approximate surface area is 124 Å². The van der Waals surface area contributed by atoms with Crippen molar-refractivity contribution in [3.05, 3.63) is 62.7 Å². The molecule has 1 saturated carbocycles. The van der Waals surface area contributed by atoms with Crippen molar-refractivity contribution in [1.29, 1.82) is 0 Å². The number of rotatable bonds is 4.